The van der Waals surface area contributed by atoms with Crippen LogP contribution in [0.3, 0.4) is 0 Å². The van der Waals surface area contributed by atoms with Gasteiger partial charge >= 0.3 is 11.9 Å². The van der Waals surface area contributed by atoms with E-state index < -0.39 is 17.8 Å². The lowest BCUT2D eigenvalue weighted by Gasteiger charge is -2.06. The number of furan rings is 1. The first-order valence-corrected chi connectivity index (χ1v) is 11.7. The molecule has 0 aliphatic carbocycles. The van der Waals surface area contributed by atoms with E-state index in [4.69, 9.17) is 13.9 Å². The van der Waals surface area contributed by atoms with E-state index in [1.54, 1.807) is 57.2 Å². The summed E-state index contributed by atoms with van der Waals surface area (Å²) in [4.78, 5) is 37.8. The molecule has 0 saturated heterocycles. The molecule has 3 aromatic rings. The molecule has 0 radical (unpaired) electrons. The zero-order chi connectivity index (χ0) is 25.5. The number of esters is 2. The van der Waals surface area contributed by atoms with E-state index in [-0.39, 0.29) is 17.7 Å². The van der Waals surface area contributed by atoms with Gasteiger partial charge in [-0.1, -0.05) is 12.1 Å². The quantitative estimate of drug-likeness (QED) is 0.250. The number of thiophene rings is 1. The van der Waals surface area contributed by atoms with Crippen LogP contribution in [0, 0.1) is 25.2 Å². The van der Waals surface area contributed by atoms with Crippen molar-refractivity contribution in [3.05, 3.63) is 69.3 Å². The number of nitrogens with one attached hydrogen (secondary N) is 1. The lowest BCUT2D eigenvalue weighted by Crippen LogP contribution is -2.16. The molecule has 2 heterocycles. The second kappa shape index (κ2) is 11.3. The van der Waals surface area contributed by atoms with Crippen molar-refractivity contribution < 1.29 is 28.3 Å². The maximum Gasteiger partial charge on any atom is 0.341 e. The average Bonchev–Trinajstić information content (AvgIpc) is 3.41. The lowest BCUT2D eigenvalue weighted by atomic mass is 10.1. The van der Waals surface area contributed by atoms with Crippen molar-refractivity contribution in [3.8, 4) is 17.4 Å². The zero-order valence-corrected chi connectivity index (χ0v) is 20.6. The second-order valence-electron chi connectivity index (χ2n) is 7.33. The Balaban J connectivity index is 1.80. The predicted molar refractivity (Wildman–Crippen MR) is 132 cm³/mol. The number of aryl methyl sites for hydroxylation is 1. The van der Waals surface area contributed by atoms with Crippen LogP contribution in [0.2, 0.25) is 0 Å². The standard InChI is InChI=1S/C26H24N2O6S/c1-5-32-25(30)18-9-7-17(8-10-18)21-12-11-20(34-21)13-19(14-27)23(29)28-24-22(26(31)33-6-2)15(3)16(4)35-24/h7-13H,5-6H2,1-4H3,(H,28,29)/b19-13+. The molecule has 35 heavy (non-hydrogen) atoms. The normalized spacial score (nSPS) is 11.0. The van der Waals surface area contributed by atoms with Gasteiger partial charge in [-0.3, -0.25) is 4.79 Å². The van der Waals surface area contributed by atoms with Crippen molar-refractivity contribution in [2.75, 3.05) is 18.5 Å². The maximum atomic E-state index is 12.8. The molecular formula is C26H24N2O6S. The number of rotatable bonds is 8. The summed E-state index contributed by atoms with van der Waals surface area (Å²) < 4.78 is 15.8. The minimum absolute atomic E-state index is 0.193. The van der Waals surface area contributed by atoms with Crippen LogP contribution in [0.15, 0.2) is 46.4 Å². The van der Waals surface area contributed by atoms with E-state index >= 15 is 0 Å². The molecule has 2 aromatic heterocycles. The van der Waals surface area contributed by atoms with Gasteiger partial charge in [0.2, 0.25) is 0 Å². The van der Waals surface area contributed by atoms with Crippen LogP contribution in [0.25, 0.3) is 17.4 Å². The van der Waals surface area contributed by atoms with E-state index in [2.05, 4.69) is 5.32 Å². The van der Waals surface area contributed by atoms with Crippen molar-refractivity contribution in [1.29, 1.82) is 5.26 Å². The number of carbonyl (C=O) groups is 3. The van der Waals surface area contributed by atoms with Gasteiger partial charge in [-0.25, -0.2) is 9.59 Å². The van der Waals surface area contributed by atoms with E-state index in [1.807, 2.05) is 13.0 Å². The number of hydrogen-bond donors (Lipinski definition) is 1. The Morgan fingerprint density at radius 3 is 2.31 bits per heavy atom. The first-order chi connectivity index (χ1) is 16.8. The highest BCUT2D eigenvalue weighted by Gasteiger charge is 2.23. The Morgan fingerprint density at radius 1 is 1.03 bits per heavy atom. The van der Waals surface area contributed by atoms with Gasteiger partial charge in [0.05, 0.1) is 24.3 Å². The molecule has 1 aromatic carbocycles. The highest BCUT2D eigenvalue weighted by atomic mass is 32.1. The fraction of sp³-hybridized carbons (Fsp3) is 0.231. The molecule has 0 unspecified atom stereocenters. The molecule has 0 spiro atoms. The fourth-order valence-corrected chi connectivity index (χ4v) is 4.24. The van der Waals surface area contributed by atoms with E-state index in [0.717, 1.165) is 10.4 Å². The van der Waals surface area contributed by atoms with Gasteiger partial charge in [-0.15, -0.1) is 11.3 Å². The van der Waals surface area contributed by atoms with Crippen LogP contribution in [0.1, 0.15) is 50.8 Å². The van der Waals surface area contributed by atoms with Gasteiger partial charge in [-0.2, -0.15) is 5.26 Å². The molecule has 0 saturated carbocycles. The van der Waals surface area contributed by atoms with Crippen molar-refractivity contribution in [1.82, 2.24) is 0 Å². The topological polar surface area (TPSA) is 119 Å². The SMILES string of the molecule is CCOC(=O)c1ccc(-c2ccc(/C=C(\C#N)C(=O)Nc3sc(C)c(C)c3C(=O)OCC)o2)cc1. The molecule has 1 amide bonds. The first-order valence-electron chi connectivity index (χ1n) is 10.9. The fourth-order valence-electron chi connectivity index (χ4n) is 3.20. The summed E-state index contributed by atoms with van der Waals surface area (Å²) in [6, 6.07) is 11.9. The number of nitrogens with zero attached hydrogens (tertiary/aromatic N) is 1. The summed E-state index contributed by atoms with van der Waals surface area (Å²) in [6.45, 7) is 7.55. The molecule has 8 nitrogen and oxygen atoms in total. The molecule has 0 fully saturated rings. The smallest absolute Gasteiger partial charge is 0.341 e. The minimum Gasteiger partial charge on any atom is -0.462 e. The average molecular weight is 493 g/mol. The summed E-state index contributed by atoms with van der Waals surface area (Å²) in [7, 11) is 0. The lowest BCUT2D eigenvalue weighted by molar-refractivity contribution is -0.112. The van der Waals surface area contributed by atoms with E-state index in [0.29, 0.717) is 34.3 Å². The molecular weight excluding hydrogens is 468 g/mol. The van der Waals surface area contributed by atoms with Crippen molar-refractivity contribution in [2.24, 2.45) is 0 Å². The highest BCUT2D eigenvalue weighted by Crippen LogP contribution is 2.33. The molecule has 3 rings (SSSR count). The number of amides is 1. The molecule has 0 atom stereocenters. The summed E-state index contributed by atoms with van der Waals surface area (Å²) in [6.07, 6.45) is 1.32. The predicted octanol–water partition coefficient (Wildman–Crippen LogP) is 5.52. The number of hydrogen-bond acceptors (Lipinski definition) is 8. The third-order valence-electron chi connectivity index (χ3n) is 5.05. The highest BCUT2D eigenvalue weighted by molar-refractivity contribution is 7.16. The Hall–Kier alpha value is -4.16. The Kier molecular flexibility index (Phi) is 8.23. The zero-order valence-electron chi connectivity index (χ0n) is 19.8. The molecule has 180 valence electrons. The summed E-state index contributed by atoms with van der Waals surface area (Å²) in [5, 5.41) is 12.5. The van der Waals surface area contributed by atoms with Crippen molar-refractivity contribution in [2.45, 2.75) is 27.7 Å². The largest absolute Gasteiger partial charge is 0.462 e. The second-order valence-corrected chi connectivity index (χ2v) is 8.56. The van der Waals surface area contributed by atoms with Crippen LogP contribution >= 0.6 is 11.3 Å². The van der Waals surface area contributed by atoms with Crippen LogP contribution in [0.4, 0.5) is 5.00 Å². The van der Waals surface area contributed by atoms with Gasteiger partial charge in [-0.05, 0) is 57.5 Å². The minimum atomic E-state index is -0.670. The van der Waals surface area contributed by atoms with E-state index in [1.165, 1.54) is 17.4 Å². The van der Waals surface area contributed by atoms with E-state index in [9.17, 15) is 19.6 Å². The van der Waals surface area contributed by atoms with Crippen LogP contribution < -0.4 is 5.32 Å². The van der Waals surface area contributed by atoms with Gasteiger partial charge < -0.3 is 19.2 Å². The number of carbonyl (C=O) groups excluding carboxylic acids is 3. The summed E-state index contributed by atoms with van der Waals surface area (Å²) in [5.74, 6) is -0.814. The van der Waals surface area contributed by atoms with Gasteiger partial charge in [0, 0.05) is 16.5 Å². The van der Waals surface area contributed by atoms with Gasteiger partial charge in [0.1, 0.15) is 28.2 Å². The third kappa shape index (κ3) is 5.86. The maximum absolute atomic E-state index is 12.8. The number of benzene rings is 1. The Morgan fingerprint density at radius 2 is 1.69 bits per heavy atom. The number of nitriles is 1. The number of anilines is 1. The van der Waals surface area contributed by atoms with Crippen LogP contribution in [-0.4, -0.2) is 31.1 Å². The van der Waals surface area contributed by atoms with Gasteiger partial charge in [0.25, 0.3) is 5.91 Å². The van der Waals surface area contributed by atoms with Crippen LogP contribution in [0.5, 0.6) is 0 Å². The van der Waals surface area contributed by atoms with Crippen molar-refractivity contribution >= 4 is 40.3 Å². The molecule has 0 aliphatic heterocycles. The summed E-state index contributed by atoms with van der Waals surface area (Å²) in [5.41, 5.74) is 1.95. The number of ether oxygens (including phenoxy) is 2. The first kappa shape index (κ1) is 25.5. The molecule has 9 heteroatoms. The molecule has 0 bridgehead atoms. The van der Waals surface area contributed by atoms with Crippen molar-refractivity contribution in [3.63, 3.8) is 0 Å². The summed E-state index contributed by atoms with van der Waals surface area (Å²) >= 11 is 1.24. The van der Waals surface area contributed by atoms with Gasteiger partial charge in [0.15, 0.2) is 0 Å². The van der Waals surface area contributed by atoms with Crippen LogP contribution in [-0.2, 0) is 14.3 Å². The Labute approximate surface area is 206 Å². The third-order valence-corrected chi connectivity index (χ3v) is 6.17. The Bertz CT molecular complexity index is 1320. The molecule has 1 N–H and O–H groups in total. The monoisotopic (exact) mass is 492 g/mol. The molecule has 0 aliphatic rings.